The molecule has 8 heteroatoms. The fourth-order valence-electron chi connectivity index (χ4n) is 2.61. The molecule has 0 radical (unpaired) electrons. The molecule has 0 spiro atoms. The largest absolute Gasteiger partial charge is 0.352 e. The molecule has 6 nitrogen and oxygen atoms in total. The third kappa shape index (κ3) is 6.17. The van der Waals surface area contributed by atoms with Crippen LogP contribution in [0.3, 0.4) is 0 Å². The Balaban J connectivity index is 0.00000312. The number of hydrogen-bond acceptors (Lipinski definition) is 3. The highest BCUT2D eigenvalue weighted by atomic mass is 127. The Hall–Kier alpha value is -1.31. The van der Waals surface area contributed by atoms with Crippen molar-refractivity contribution >= 4 is 40.0 Å². The van der Waals surface area contributed by atoms with Gasteiger partial charge in [-0.15, -0.1) is 30.4 Å². The van der Waals surface area contributed by atoms with Crippen molar-refractivity contribution in [1.29, 1.82) is 0 Å². The molecule has 138 valence electrons. The van der Waals surface area contributed by atoms with E-state index in [0.29, 0.717) is 37.0 Å². The summed E-state index contributed by atoms with van der Waals surface area (Å²) in [6.07, 6.45) is 8.16. The fourth-order valence-corrected chi connectivity index (χ4v) is 4.20. The van der Waals surface area contributed by atoms with E-state index >= 15 is 0 Å². The third-order valence-corrected chi connectivity index (χ3v) is 5.79. The van der Waals surface area contributed by atoms with Crippen molar-refractivity contribution in [1.82, 2.24) is 14.9 Å². The number of terminal acetylenes is 1. The average molecular weight is 476 g/mol. The number of nitrogens with one attached hydrogen (secondary N) is 2. The lowest BCUT2D eigenvalue weighted by molar-refractivity contribution is 0.346. The van der Waals surface area contributed by atoms with Gasteiger partial charge >= 0.3 is 0 Å². The lowest BCUT2D eigenvalue weighted by Crippen LogP contribution is -2.37. The van der Waals surface area contributed by atoms with E-state index in [4.69, 9.17) is 6.42 Å². The summed E-state index contributed by atoms with van der Waals surface area (Å²) in [6.45, 7) is 2.05. The maximum Gasteiger partial charge on any atom is 0.243 e. The van der Waals surface area contributed by atoms with Gasteiger partial charge in [0.2, 0.25) is 10.0 Å². The van der Waals surface area contributed by atoms with Crippen LogP contribution in [0.1, 0.15) is 24.8 Å². The van der Waals surface area contributed by atoms with Gasteiger partial charge in [0.25, 0.3) is 0 Å². The quantitative estimate of drug-likeness (QED) is 0.294. The summed E-state index contributed by atoms with van der Waals surface area (Å²) in [4.78, 5) is 4.40. The van der Waals surface area contributed by atoms with Gasteiger partial charge < -0.3 is 10.6 Å². The van der Waals surface area contributed by atoms with Crippen molar-refractivity contribution < 1.29 is 8.42 Å². The highest BCUT2D eigenvalue weighted by Gasteiger charge is 2.25. The van der Waals surface area contributed by atoms with Gasteiger partial charge in [-0.05, 0) is 30.5 Å². The van der Waals surface area contributed by atoms with Crippen LogP contribution in [-0.4, -0.2) is 45.4 Å². The molecule has 0 bridgehead atoms. The minimum absolute atomic E-state index is 0. The summed E-state index contributed by atoms with van der Waals surface area (Å²) >= 11 is 0. The van der Waals surface area contributed by atoms with E-state index in [1.54, 1.807) is 29.6 Å². The number of rotatable bonds is 5. The number of halogens is 1. The average Bonchev–Trinajstić information content (AvgIpc) is 2.63. The Kier molecular flexibility index (Phi) is 9.24. The molecule has 1 aliphatic heterocycles. The number of piperidine rings is 1. The topological polar surface area (TPSA) is 73.8 Å². The van der Waals surface area contributed by atoms with Crippen molar-refractivity contribution in [2.45, 2.75) is 30.7 Å². The second kappa shape index (κ2) is 10.6. The molecule has 25 heavy (non-hydrogen) atoms. The van der Waals surface area contributed by atoms with E-state index in [2.05, 4.69) is 21.5 Å². The minimum atomic E-state index is -3.41. The van der Waals surface area contributed by atoms with E-state index in [0.717, 1.165) is 24.8 Å². The van der Waals surface area contributed by atoms with E-state index in [9.17, 15) is 8.42 Å². The van der Waals surface area contributed by atoms with Crippen molar-refractivity contribution in [3.8, 4) is 12.3 Å². The van der Waals surface area contributed by atoms with Crippen LogP contribution in [0.5, 0.6) is 0 Å². The molecule has 0 saturated carbocycles. The minimum Gasteiger partial charge on any atom is -0.352 e. The maximum absolute atomic E-state index is 12.7. The number of sulfonamides is 1. The maximum atomic E-state index is 12.7. The molecule has 1 saturated heterocycles. The molecular weight excluding hydrogens is 451 g/mol. The van der Waals surface area contributed by atoms with Gasteiger partial charge in [-0.25, -0.2) is 8.42 Å². The monoisotopic (exact) mass is 476 g/mol. The smallest absolute Gasteiger partial charge is 0.243 e. The normalized spacial score (nSPS) is 15.8. The van der Waals surface area contributed by atoms with Crippen molar-refractivity contribution in [2.24, 2.45) is 4.99 Å². The summed E-state index contributed by atoms with van der Waals surface area (Å²) in [6, 6.07) is 7.02. The van der Waals surface area contributed by atoms with Crippen LogP contribution in [0.2, 0.25) is 0 Å². The third-order valence-electron chi connectivity index (χ3n) is 3.89. The number of nitrogens with zero attached hydrogens (tertiary/aromatic N) is 2. The van der Waals surface area contributed by atoms with Crippen LogP contribution in [0.4, 0.5) is 0 Å². The Morgan fingerprint density at radius 3 is 2.64 bits per heavy atom. The molecule has 0 aliphatic carbocycles. The second-order valence-electron chi connectivity index (χ2n) is 5.60. The van der Waals surface area contributed by atoms with Crippen molar-refractivity contribution in [3.05, 3.63) is 29.8 Å². The second-order valence-corrected chi connectivity index (χ2v) is 7.53. The molecule has 1 heterocycles. The standard InChI is InChI=1S/C17H24N4O2S.HI/c1-3-10-19-17(18-2)20-14-15-8-7-9-16(13-15)24(22,23)21-11-5-4-6-12-21;/h1,7-9,13H,4-6,10-12,14H2,2H3,(H2,18,19,20);1H. The molecule has 1 aromatic rings. The Bertz CT molecular complexity index is 722. The molecule has 1 fully saturated rings. The van der Waals surface area contributed by atoms with Crippen LogP contribution >= 0.6 is 24.0 Å². The molecule has 0 amide bonds. The Morgan fingerprint density at radius 2 is 2.00 bits per heavy atom. The SMILES string of the molecule is C#CCNC(=NC)NCc1cccc(S(=O)(=O)N2CCCCC2)c1.I. The van der Waals surface area contributed by atoms with Gasteiger partial charge in [0, 0.05) is 26.7 Å². The number of guanidine groups is 1. The number of hydrogen-bond donors (Lipinski definition) is 2. The van der Waals surface area contributed by atoms with Gasteiger partial charge in [0.15, 0.2) is 5.96 Å². The lowest BCUT2D eigenvalue weighted by Gasteiger charge is -2.26. The number of benzene rings is 1. The van der Waals surface area contributed by atoms with Crippen molar-refractivity contribution in [2.75, 3.05) is 26.7 Å². The highest BCUT2D eigenvalue weighted by Crippen LogP contribution is 2.21. The molecule has 2 rings (SSSR count). The fraction of sp³-hybridized carbons (Fsp3) is 0.471. The van der Waals surface area contributed by atoms with Crippen LogP contribution in [0.25, 0.3) is 0 Å². The van der Waals surface area contributed by atoms with Crippen LogP contribution in [0, 0.1) is 12.3 Å². The molecule has 1 aromatic carbocycles. The van der Waals surface area contributed by atoms with Crippen LogP contribution < -0.4 is 10.6 Å². The van der Waals surface area contributed by atoms with Crippen molar-refractivity contribution in [3.63, 3.8) is 0 Å². The molecule has 1 aliphatic rings. The van der Waals surface area contributed by atoms with Gasteiger partial charge in [0.1, 0.15) is 0 Å². The first-order valence-corrected chi connectivity index (χ1v) is 9.49. The first-order valence-electron chi connectivity index (χ1n) is 8.05. The Morgan fingerprint density at radius 1 is 1.28 bits per heavy atom. The summed E-state index contributed by atoms with van der Waals surface area (Å²) in [7, 11) is -1.75. The first-order chi connectivity index (χ1) is 11.6. The van der Waals surface area contributed by atoms with E-state index < -0.39 is 10.0 Å². The van der Waals surface area contributed by atoms with Crippen LogP contribution in [0.15, 0.2) is 34.2 Å². The van der Waals surface area contributed by atoms with Gasteiger partial charge in [0.05, 0.1) is 11.4 Å². The predicted molar refractivity (Wildman–Crippen MR) is 112 cm³/mol. The Labute approximate surface area is 167 Å². The predicted octanol–water partition coefficient (Wildman–Crippen LogP) is 1.78. The highest BCUT2D eigenvalue weighted by molar-refractivity contribution is 14.0. The first kappa shape index (κ1) is 21.7. The summed E-state index contributed by atoms with van der Waals surface area (Å²) in [5.74, 6) is 3.06. The van der Waals surface area contributed by atoms with Gasteiger partial charge in [-0.2, -0.15) is 4.31 Å². The van der Waals surface area contributed by atoms with Crippen LogP contribution in [-0.2, 0) is 16.6 Å². The summed E-state index contributed by atoms with van der Waals surface area (Å²) < 4.78 is 27.0. The van der Waals surface area contributed by atoms with E-state index in [-0.39, 0.29) is 24.0 Å². The van der Waals surface area contributed by atoms with E-state index in [1.165, 1.54) is 0 Å². The lowest BCUT2D eigenvalue weighted by atomic mass is 10.2. The van der Waals surface area contributed by atoms with Gasteiger partial charge in [-0.1, -0.05) is 24.5 Å². The summed E-state index contributed by atoms with van der Waals surface area (Å²) in [5, 5.41) is 6.08. The molecule has 0 unspecified atom stereocenters. The zero-order valence-electron chi connectivity index (χ0n) is 14.4. The number of aliphatic imine (C=N–C) groups is 1. The molecular formula is C17H25IN4O2S. The molecule has 0 atom stereocenters. The van der Waals surface area contributed by atoms with Gasteiger partial charge in [-0.3, -0.25) is 4.99 Å². The molecule has 2 N–H and O–H groups in total. The zero-order valence-corrected chi connectivity index (χ0v) is 17.5. The molecule has 0 aromatic heterocycles. The zero-order chi connectivity index (χ0) is 17.4. The van der Waals surface area contributed by atoms with E-state index in [1.807, 2.05) is 6.07 Å². The summed E-state index contributed by atoms with van der Waals surface area (Å²) in [5.41, 5.74) is 0.872.